The number of aromatic nitrogens is 2. The summed E-state index contributed by atoms with van der Waals surface area (Å²) in [6, 6.07) is 8.84. The number of furan rings is 1. The van der Waals surface area contributed by atoms with Crippen LogP contribution in [0.25, 0.3) is 5.65 Å². The molecule has 0 atom stereocenters. The summed E-state index contributed by atoms with van der Waals surface area (Å²) in [6.07, 6.45) is 3.31. The van der Waals surface area contributed by atoms with Gasteiger partial charge in [0.25, 0.3) is 11.5 Å². The molecular formula is C21H25N5O3. The summed E-state index contributed by atoms with van der Waals surface area (Å²) in [5.74, 6) is 0.154. The minimum absolute atomic E-state index is 0.0420. The van der Waals surface area contributed by atoms with E-state index in [0.29, 0.717) is 24.5 Å². The fourth-order valence-electron chi connectivity index (χ4n) is 3.56. The highest BCUT2D eigenvalue weighted by molar-refractivity contribution is 5.91. The van der Waals surface area contributed by atoms with E-state index >= 15 is 0 Å². The molecule has 1 saturated heterocycles. The molecule has 0 saturated carbocycles. The first kappa shape index (κ1) is 19.4. The average Bonchev–Trinajstić information content (AvgIpc) is 3.25. The first-order valence-corrected chi connectivity index (χ1v) is 9.84. The van der Waals surface area contributed by atoms with Crippen molar-refractivity contribution < 1.29 is 9.21 Å². The van der Waals surface area contributed by atoms with Gasteiger partial charge in [0.05, 0.1) is 12.0 Å². The summed E-state index contributed by atoms with van der Waals surface area (Å²) in [6.45, 7) is 7.66. The van der Waals surface area contributed by atoms with Gasteiger partial charge in [0.15, 0.2) is 5.76 Å². The molecule has 8 nitrogen and oxygen atoms in total. The lowest BCUT2D eigenvalue weighted by Gasteiger charge is -2.34. The smallest absolute Gasteiger partial charge is 0.287 e. The highest BCUT2D eigenvalue weighted by Crippen LogP contribution is 2.08. The number of nitrogens with zero attached hydrogens (tertiary/aromatic N) is 4. The zero-order valence-electron chi connectivity index (χ0n) is 16.5. The van der Waals surface area contributed by atoms with Crippen molar-refractivity contribution in [3.8, 4) is 0 Å². The van der Waals surface area contributed by atoms with E-state index in [1.54, 1.807) is 22.6 Å². The number of piperazine rings is 1. The first-order valence-electron chi connectivity index (χ1n) is 9.84. The molecule has 29 heavy (non-hydrogen) atoms. The van der Waals surface area contributed by atoms with Crippen LogP contribution in [0.1, 0.15) is 21.8 Å². The van der Waals surface area contributed by atoms with E-state index in [4.69, 9.17) is 4.42 Å². The van der Waals surface area contributed by atoms with E-state index in [1.807, 2.05) is 25.3 Å². The van der Waals surface area contributed by atoms with Gasteiger partial charge >= 0.3 is 0 Å². The highest BCUT2D eigenvalue weighted by Gasteiger charge is 2.18. The van der Waals surface area contributed by atoms with Gasteiger partial charge in [0, 0.05) is 58.1 Å². The number of hydrogen-bond acceptors (Lipinski definition) is 6. The SMILES string of the molecule is Cc1ccc2nc(CN3CCN(CCNC(=O)c4ccco4)CC3)cc(=O)n2c1. The molecule has 4 rings (SSSR count). The van der Waals surface area contributed by atoms with E-state index < -0.39 is 0 Å². The van der Waals surface area contributed by atoms with Crippen LogP contribution in [0.4, 0.5) is 0 Å². The van der Waals surface area contributed by atoms with Gasteiger partial charge in [-0.25, -0.2) is 4.98 Å². The van der Waals surface area contributed by atoms with E-state index in [0.717, 1.165) is 44.0 Å². The Labute approximate surface area is 168 Å². The third kappa shape index (κ3) is 4.72. The number of nitrogens with one attached hydrogen (secondary N) is 1. The standard InChI is InChI=1S/C21H25N5O3/c1-16-4-5-19-23-17(13-20(27)26(19)14-16)15-25-10-8-24(9-11-25)7-6-22-21(28)18-3-2-12-29-18/h2-5,12-14H,6-11,15H2,1H3,(H,22,28). The zero-order chi connectivity index (χ0) is 20.2. The number of aryl methyl sites for hydroxylation is 1. The van der Waals surface area contributed by atoms with Crippen molar-refractivity contribution in [1.82, 2.24) is 24.5 Å². The Bertz CT molecular complexity index is 1040. The van der Waals surface area contributed by atoms with Crippen molar-refractivity contribution in [2.45, 2.75) is 13.5 Å². The third-order valence-electron chi connectivity index (χ3n) is 5.17. The molecule has 1 amide bonds. The maximum absolute atomic E-state index is 12.4. The number of pyridine rings is 1. The first-order chi connectivity index (χ1) is 14.1. The lowest BCUT2D eigenvalue weighted by Crippen LogP contribution is -2.48. The maximum atomic E-state index is 12.4. The zero-order valence-corrected chi connectivity index (χ0v) is 16.5. The van der Waals surface area contributed by atoms with Crippen LogP contribution in [0.2, 0.25) is 0 Å². The minimum Gasteiger partial charge on any atom is -0.459 e. The largest absolute Gasteiger partial charge is 0.459 e. The lowest BCUT2D eigenvalue weighted by molar-refractivity contribution is 0.0907. The molecule has 1 N–H and O–H groups in total. The predicted molar refractivity (Wildman–Crippen MR) is 109 cm³/mol. The topological polar surface area (TPSA) is 83.1 Å². The van der Waals surface area contributed by atoms with Crippen LogP contribution in [0.15, 0.2) is 52.0 Å². The quantitative estimate of drug-likeness (QED) is 0.674. The highest BCUT2D eigenvalue weighted by atomic mass is 16.3. The molecule has 1 aliphatic rings. The summed E-state index contributed by atoms with van der Waals surface area (Å²) >= 11 is 0. The van der Waals surface area contributed by atoms with Crippen molar-refractivity contribution in [2.24, 2.45) is 0 Å². The summed E-state index contributed by atoms with van der Waals surface area (Å²) in [5, 5.41) is 2.88. The Morgan fingerprint density at radius 1 is 1.17 bits per heavy atom. The molecule has 0 spiro atoms. The van der Waals surface area contributed by atoms with Crippen molar-refractivity contribution in [3.63, 3.8) is 0 Å². The molecule has 4 heterocycles. The number of carbonyl (C=O) groups is 1. The van der Waals surface area contributed by atoms with E-state index in [2.05, 4.69) is 20.1 Å². The molecule has 3 aromatic rings. The number of carbonyl (C=O) groups excluding carboxylic acids is 1. The number of amides is 1. The molecule has 0 unspecified atom stereocenters. The van der Waals surface area contributed by atoms with Gasteiger partial charge in [-0.2, -0.15) is 0 Å². The van der Waals surface area contributed by atoms with Gasteiger partial charge in [-0.05, 0) is 30.7 Å². The molecule has 0 radical (unpaired) electrons. The van der Waals surface area contributed by atoms with Crippen molar-refractivity contribution in [1.29, 1.82) is 0 Å². The molecule has 1 aliphatic heterocycles. The van der Waals surface area contributed by atoms with Crippen LogP contribution >= 0.6 is 0 Å². The van der Waals surface area contributed by atoms with Crippen LogP contribution < -0.4 is 10.9 Å². The normalized spacial score (nSPS) is 15.6. The molecule has 0 aromatic carbocycles. The van der Waals surface area contributed by atoms with Gasteiger partial charge in [-0.15, -0.1) is 0 Å². The minimum atomic E-state index is -0.183. The Hall–Kier alpha value is -2.97. The number of hydrogen-bond donors (Lipinski definition) is 1. The Morgan fingerprint density at radius 3 is 2.72 bits per heavy atom. The van der Waals surface area contributed by atoms with E-state index in [9.17, 15) is 9.59 Å². The average molecular weight is 395 g/mol. The monoisotopic (exact) mass is 395 g/mol. The van der Waals surface area contributed by atoms with Crippen molar-refractivity contribution in [3.05, 3.63) is 70.2 Å². The lowest BCUT2D eigenvalue weighted by atomic mass is 10.2. The van der Waals surface area contributed by atoms with Gasteiger partial charge in [0.1, 0.15) is 5.65 Å². The van der Waals surface area contributed by atoms with Crippen molar-refractivity contribution in [2.75, 3.05) is 39.3 Å². The summed E-state index contributed by atoms with van der Waals surface area (Å²) in [5.41, 5.74) is 2.48. The number of rotatable bonds is 6. The van der Waals surface area contributed by atoms with Crippen LogP contribution in [0.5, 0.6) is 0 Å². The second-order valence-electron chi connectivity index (χ2n) is 7.37. The third-order valence-corrected chi connectivity index (χ3v) is 5.17. The second-order valence-corrected chi connectivity index (χ2v) is 7.37. The van der Waals surface area contributed by atoms with Crippen LogP contribution in [-0.2, 0) is 6.54 Å². The summed E-state index contributed by atoms with van der Waals surface area (Å²) in [4.78, 5) is 33.5. The van der Waals surface area contributed by atoms with E-state index in [1.165, 1.54) is 6.26 Å². The molecule has 152 valence electrons. The number of fused-ring (bicyclic) bond motifs is 1. The fourth-order valence-corrected chi connectivity index (χ4v) is 3.56. The molecule has 3 aromatic heterocycles. The second kappa shape index (κ2) is 8.59. The van der Waals surface area contributed by atoms with Gasteiger partial charge < -0.3 is 9.73 Å². The Balaban J connectivity index is 1.26. The van der Waals surface area contributed by atoms with Crippen LogP contribution in [0.3, 0.4) is 0 Å². The maximum Gasteiger partial charge on any atom is 0.287 e. The Morgan fingerprint density at radius 2 is 1.97 bits per heavy atom. The van der Waals surface area contributed by atoms with Gasteiger partial charge in [0.2, 0.25) is 0 Å². The van der Waals surface area contributed by atoms with Crippen LogP contribution in [0, 0.1) is 6.92 Å². The molecule has 1 fully saturated rings. The van der Waals surface area contributed by atoms with Crippen LogP contribution in [-0.4, -0.2) is 64.4 Å². The summed E-state index contributed by atoms with van der Waals surface area (Å²) < 4.78 is 6.68. The molecule has 0 bridgehead atoms. The molecular weight excluding hydrogens is 370 g/mol. The van der Waals surface area contributed by atoms with Gasteiger partial charge in [-0.3, -0.25) is 23.8 Å². The van der Waals surface area contributed by atoms with Crippen molar-refractivity contribution >= 4 is 11.6 Å². The Kier molecular flexibility index (Phi) is 5.73. The van der Waals surface area contributed by atoms with Gasteiger partial charge in [-0.1, -0.05) is 6.07 Å². The van der Waals surface area contributed by atoms with E-state index in [-0.39, 0.29) is 11.5 Å². The summed E-state index contributed by atoms with van der Waals surface area (Å²) in [7, 11) is 0. The molecule has 8 heteroatoms. The predicted octanol–water partition coefficient (Wildman–Crippen LogP) is 1.14. The fraction of sp³-hybridized carbons (Fsp3) is 0.381. The molecule has 0 aliphatic carbocycles.